The first-order valence-electron chi connectivity index (χ1n) is 9.22. The Hall–Kier alpha value is -2.71. The first-order valence-corrected chi connectivity index (χ1v) is 10.7. The number of carbonyl (C=O) groups excluding carboxylic acids is 2. The predicted octanol–water partition coefficient (Wildman–Crippen LogP) is 1.44. The van der Waals surface area contributed by atoms with Gasteiger partial charge in [0, 0.05) is 24.7 Å². The third-order valence-corrected chi connectivity index (χ3v) is 6.40. The van der Waals surface area contributed by atoms with Crippen LogP contribution in [0.5, 0.6) is 0 Å². The molecule has 2 aromatic rings. The van der Waals surface area contributed by atoms with Crippen LogP contribution in [0.1, 0.15) is 34.8 Å². The molecule has 8 heteroatoms. The minimum absolute atomic E-state index is 0.0161. The van der Waals surface area contributed by atoms with Crippen molar-refractivity contribution < 1.29 is 18.0 Å². The smallest absolute Gasteiger partial charge is 0.254 e. The maximum Gasteiger partial charge on any atom is 0.254 e. The monoisotopic (exact) mass is 399 g/mol. The molecule has 28 heavy (non-hydrogen) atoms. The molecule has 0 spiro atoms. The lowest BCUT2D eigenvalue weighted by molar-refractivity contribution is -0.128. The van der Waals surface area contributed by atoms with Crippen LogP contribution in [-0.4, -0.2) is 44.3 Å². The van der Waals surface area contributed by atoms with Gasteiger partial charge in [-0.3, -0.25) is 9.59 Å². The Morgan fingerprint density at radius 1 is 1.07 bits per heavy atom. The van der Waals surface area contributed by atoms with E-state index in [0.717, 1.165) is 12.8 Å². The van der Waals surface area contributed by atoms with E-state index in [0.29, 0.717) is 18.7 Å². The SMILES string of the molecule is O=C1NCCN(C(=O)c2cccc(S(=O)(=O)NC3CC3)c2)[C@H]1c1ccccc1. The summed E-state index contributed by atoms with van der Waals surface area (Å²) in [5.74, 6) is -0.614. The van der Waals surface area contributed by atoms with E-state index in [1.54, 1.807) is 24.3 Å². The number of benzene rings is 2. The van der Waals surface area contributed by atoms with Crippen molar-refractivity contribution in [3.63, 3.8) is 0 Å². The van der Waals surface area contributed by atoms with Gasteiger partial charge in [-0.15, -0.1) is 0 Å². The van der Waals surface area contributed by atoms with Crippen LogP contribution in [0.3, 0.4) is 0 Å². The average Bonchev–Trinajstić information content (AvgIpc) is 3.51. The standard InChI is InChI=1S/C20H21N3O4S/c24-19-18(14-5-2-1-3-6-14)23(12-11-21-19)20(25)15-7-4-8-17(13-15)28(26,27)22-16-9-10-16/h1-8,13,16,18,22H,9-12H2,(H,21,24)/t18-/m0/s1. The van der Waals surface area contributed by atoms with Gasteiger partial charge in [-0.2, -0.15) is 0 Å². The highest BCUT2D eigenvalue weighted by atomic mass is 32.2. The van der Waals surface area contributed by atoms with E-state index in [9.17, 15) is 18.0 Å². The fourth-order valence-electron chi connectivity index (χ4n) is 3.30. The lowest BCUT2D eigenvalue weighted by Crippen LogP contribution is -2.52. The Bertz CT molecular complexity index is 1000. The van der Waals surface area contributed by atoms with Crippen molar-refractivity contribution in [3.05, 3.63) is 65.7 Å². The van der Waals surface area contributed by atoms with Crippen LogP contribution in [-0.2, 0) is 14.8 Å². The molecule has 2 fully saturated rings. The summed E-state index contributed by atoms with van der Waals surface area (Å²) in [5.41, 5.74) is 0.960. The highest BCUT2D eigenvalue weighted by Gasteiger charge is 2.35. The molecule has 0 bridgehead atoms. The fraction of sp³-hybridized carbons (Fsp3) is 0.300. The summed E-state index contributed by atoms with van der Waals surface area (Å²) in [4.78, 5) is 27.2. The zero-order chi connectivity index (χ0) is 19.7. The van der Waals surface area contributed by atoms with Crippen molar-refractivity contribution in [2.24, 2.45) is 0 Å². The van der Waals surface area contributed by atoms with Crippen LogP contribution in [0.25, 0.3) is 0 Å². The number of nitrogens with one attached hydrogen (secondary N) is 2. The van der Waals surface area contributed by atoms with E-state index >= 15 is 0 Å². The maximum atomic E-state index is 13.2. The van der Waals surface area contributed by atoms with Gasteiger partial charge in [-0.05, 0) is 36.6 Å². The third kappa shape index (κ3) is 3.79. The topological polar surface area (TPSA) is 95.6 Å². The second kappa shape index (κ2) is 7.37. The second-order valence-electron chi connectivity index (χ2n) is 7.03. The molecule has 0 aromatic heterocycles. The van der Waals surface area contributed by atoms with Crippen molar-refractivity contribution in [1.82, 2.24) is 14.9 Å². The van der Waals surface area contributed by atoms with Gasteiger partial charge in [0.2, 0.25) is 15.9 Å². The van der Waals surface area contributed by atoms with E-state index in [4.69, 9.17) is 0 Å². The van der Waals surface area contributed by atoms with Crippen molar-refractivity contribution >= 4 is 21.8 Å². The number of carbonyl (C=O) groups is 2. The fourth-order valence-corrected chi connectivity index (χ4v) is 4.65. The molecule has 1 aliphatic carbocycles. The number of piperazine rings is 1. The summed E-state index contributed by atoms with van der Waals surface area (Å²) in [7, 11) is -3.66. The number of amides is 2. The summed E-state index contributed by atoms with van der Waals surface area (Å²) in [6.45, 7) is 0.705. The lowest BCUT2D eigenvalue weighted by atomic mass is 10.0. The lowest BCUT2D eigenvalue weighted by Gasteiger charge is -2.35. The summed E-state index contributed by atoms with van der Waals surface area (Å²) >= 11 is 0. The Morgan fingerprint density at radius 2 is 1.82 bits per heavy atom. The average molecular weight is 399 g/mol. The maximum absolute atomic E-state index is 13.2. The van der Waals surface area contributed by atoms with Crippen LogP contribution in [0.2, 0.25) is 0 Å². The normalized spacial score (nSPS) is 19.9. The highest BCUT2D eigenvalue weighted by molar-refractivity contribution is 7.89. The molecule has 2 N–H and O–H groups in total. The van der Waals surface area contributed by atoms with Gasteiger partial charge in [0.1, 0.15) is 6.04 Å². The van der Waals surface area contributed by atoms with Gasteiger partial charge in [0.05, 0.1) is 4.90 Å². The number of nitrogens with zero attached hydrogens (tertiary/aromatic N) is 1. The van der Waals surface area contributed by atoms with Gasteiger partial charge in [-0.25, -0.2) is 13.1 Å². The van der Waals surface area contributed by atoms with Gasteiger partial charge >= 0.3 is 0 Å². The Morgan fingerprint density at radius 3 is 2.54 bits per heavy atom. The molecular formula is C20H21N3O4S. The van der Waals surface area contributed by atoms with Gasteiger partial charge in [0.15, 0.2) is 0 Å². The minimum atomic E-state index is -3.66. The Labute approximate surface area is 163 Å². The molecule has 1 atom stereocenters. The second-order valence-corrected chi connectivity index (χ2v) is 8.74. The van der Waals surface area contributed by atoms with Crippen LogP contribution in [0.15, 0.2) is 59.5 Å². The zero-order valence-electron chi connectivity index (χ0n) is 15.2. The molecule has 0 radical (unpaired) electrons. The molecule has 1 heterocycles. The Kier molecular flexibility index (Phi) is 4.91. The largest absolute Gasteiger partial charge is 0.352 e. The van der Waals surface area contributed by atoms with Gasteiger partial charge < -0.3 is 10.2 Å². The molecule has 2 aromatic carbocycles. The predicted molar refractivity (Wildman–Crippen MR) is 103 cm³/mol. The molecule has 1 saturated carbocycles. The van der Waals surface area contributed by atoms with E-state index in [-0.39, 0.29) is 28.3 Å². The Balaban J connectivity index is 1.64. The molecule has 2 amide bonds. The first kappa shape index (κ1) is 18.6. The zero-order valence-corrected chi connectivity index (χ0v) is 16.0. The van der Waals surface area contributed by atoms with Crippen LogP contribution in [0, 0.1) is 0 Å². The van der Waals surface area contributed by atoms with E-state index < -0.39 is 16.1 Å². The minimum Gasteiger partial charge on any atom is -0.352 e. The molecule has 146 valence electrons. The van der Waals surface area contributed by atoms with Crippen molar-refractivity contribution in [3.8, 4) is 0 Å². The number of hydrogen-bond acceptors (Lipinski definition) is 4. The molecule has 1 saturated heterocycles. The number of rotatable bonds is 5. The van der Waals surface area contributed by atoms with Crippen molar-refractivity contribution in [1.29, 1.82) is 0 Å². The van der Waals surface area contributed by atoms with Crippen LogP contribution >= 0.6 is 0 Å². The third-order valence-electron chi connectivity index (χ3n) is 4.88. The first-order chi connectivity index (χ1) is 13.5. The summed E-state index contributed by atoms with van der Waals surface area (Å²) in [6.07, 6.45) is 1.67. The van der Waals surface area contributed by atoms with Crippen molar-refractivity contribution in [2.75, 3.05) is 13.1 Å². The molecule has 7 nitrogen and oxygen atoms in total. The molecule has 2 aliphatic rings. The summed E-state index contributed by atoms with van der Waals surface area (Å²) < 4.78 is 27.6. The van der Waals surface area contributed by atoms with Crippen LogP contribution < -0.4 is 10.0 Å². The summed E-state index contributed by atoms with van der Waals surface area (Å²) in [6, 6.07) is 14.3. The van der Waals surface area contributed by atoms with Crippen molar-refractivity contribution in [2.45, 2.75) is 29.8 Å². The number of hydrogen-bond donors (Lipinski definition) is 2. The van der Waals surface area contributed by atoms with Gasteiger partial charge in [-0.1, -0.05) is 36.4 Å². The van der Waals surface area contributed by atoms with E-state index in [2.05, 4.69) is 10.0 Å². The van der Waals surface area contributed by atoms with Crippen LogP contribution in [0.4, 0.5) is 0 Å². The van der Waals surface area contributed by atoms with Gasteiger partial charge in [0.25, 0.3) is 5.91 Å². The van der Waals surface area contributed by atoms with E-state index in [1.807, 2.05) is 18.2 Å². The number of sulfonamides is 1. The highest BCUT2D eigenvalue weighted by Crippen LogP contribution is 2.26. The summed E-state index contributed by atoms with van der Waals surface area (Å²) in [5, 5.41) is 2.79. The molecule has 4 rings (SSSR count). The molecule has 1 aliphatic heterocycles. The van der Waals surface area contributed by atoms with E-state index in [1.165, 1.54) is 17.0 Å². The quantitative estimate of drug-likeness (QED) is 0.795. The molecular weight excluding hydrogens is 378 g/mol. The molecule has 0 unspecified atom stereocenters.